The Kier molecular flexibility index (Phi) is 3.26. The third-order valence-electron chi connectivity index (χ3n) is 2.96. The molecule has 0 saturated heterocycles. The average molecular weight is 243 g/mol. The maximum atomic E-state index is 13.6. The van der Waals surface area contributed by atoms with Crippen LogP contribution in [-0.4, -0.2) is 5.78 Å². The number of carbonyl (C=O) groups excluding carboxylic acids is 1. The van der Waals surface area contributed by atoms with Gasteiger partial charge in [-0.05, 0) is 24.6 Å². The topological polar surface area (TPSA) is 43.1 Å². The van der Waals surface area contributed by atoms with Crippen LogP contribution in [0.3, 0.4) is 0 Å². The molecule has 0 bridgehead atoms. The maximum Gasteiger partial charge on any atom is 0.189 e. The molecule has 3 heteroatoms. The van der Waals surface area contributed by atoms with Crippen LogP contribution in [0.15, 0.2) is 54.6 Å². The first-order chi connectivity index (χ1) is 8.53. The predicted octanol–water partition coefficient (Wildman–Crippen LogP) is 2.88. The number of nitrogens with two attached hydrogens (primary N) is 1. The molecule has 2 aromatic rings. The Morgan fingerprint density at radius 2 is 1.61 bits per heavy atom. The Balaban J connectivity index is 2.43. The molecule has 1 atom stereocenters. The molecule has 18 heavy (non-hydrogen) atoms. The molecule has 0 aliphatic carbocycles. The highest BCUT2D eigenvalue weighted by atomic mass is 19.1. The summed E-state index contributed by atoms with van der Waals surface area (Å²) in [5.41, 5.74) is 5.52. The van der Waals surface area contributed by atoms with Gasteiger partial charge < -0.3 is 5.73 Å². The molecule has 0 aromatic heterocycles. The predicted molar refractivity (Wildman–Crippen MR) is 68.7 cm³/mol. The van der Waals surface area contributed by atoms with Gasteiger partial charge in [0, 0.05) is 0 Å². The first kappa shape index (κ1) is 12.5. The van der Waals surface area contributed by atoms with E-state index in [4.69, 9.17) is 5.73 Å². The van der Waals surface area contributed by atoms with E-state index in [2.05, 4.69) is 0 Å². The minimum Gasteiger partial charge on any atom is -0.315 e. The van der Waals surface area contributed by atoms with Crippen molar-refractivity contribution in [3.63, 3.8) is 0 Å². The van der Waals surface area contributed by atoms with Crippen molar-refractivity contribution in [1.82, 2.24) is 0 Å². The molecule has 2 rings (SSSR count). The van der Waals surface area contributed by atoms with Crippen LogP contribution in [0.4, 0.5) is 4.39 Å². The van der Waals surface area contributed by atoms with E-state index < -0.39 is 17.1 Å². The molecule has 92 valence electrons. The SMILES string of the molecule is CC(N)(C(=O)c1ccccc1F)c1ccccc1. The van der Waals surface area contributed by atoms with Crippen molar-refractivity contribution >= 4 is 5.78 Å². The minimum absolute atomic E-state index is 0.0198. The molecule has 0 spiro atoms. The van der Waals surface area contributed by atoms with Crippen molar-refractivity contribution in [3.05, 3.63) is 71.5 Å². The summed E-state index contributed by atoms with van der Waals surface area (Å²) in [4.78, 5) is 12.3. The average Bonchev–Trinajstić information content (AvgIpc) is 2.39. The molecule has 2 nitrogen and oxygen atoms in total. The number of rotatable bonds is 3. The fourth-order valence-electron chi connectivity index (χ4n) is 1.84. The van der Waals surface area contributed by atoms with E-state index in [0.717, 1.165) is 0 Å². The first-order valence-corrected chi connectivity index (χ1v) is 5.67. The fraction of sp³-hybridized carbons (Fsp3) is 0.133. The van der Waals surface area contributed by atoms with Gasteiger partial charge in [0.2, 0.25) is 0 Å². The normalized spacial score (nSPS) is 13.9. The van der Waals surface area contributed by atoms with Gasteiger partial charge in [0.05, 0.1) is 5.56 Å². The maximum absolute atomic E-state index is 13.6. The molecule has 0 radical (unpaired) electrons. The van der Waals surface area contributed by atoms with Gasteiger partial charge in [0.25, 0.3) is 0 Å². The third kappa shape index (κ3) is 2.17. The Hall–Kier alpha value is -2.00. The van der Waals surface area contributed by atoms with Gasteiger partial charge in [0.15, 0.2) is 5.78 Å². The number of hydrogen-bond acceptors (Lipinski definition) is 2. The Morgan fingerprint density at radius 3 is 2.22 bits per heavy atom. The number of carbonyl (C=O) groups is 1. The van der Waals surface area contributed by atoms with E-state index in [-0.39, 0.29) is 5.56 Å². The number of Topliss-reactive ketones (excluding diaryl/α,β-unsaturated/α-hetero) is 1. The molecule has 0 fully saturated rings. The van der Waals surface area contributed by atoms with Crippen molar-refractivity contribution in [2.45, 2.75) is 12.5 Å². The fourth-order valence-corrected chi connectivity index (χ4v) is 1.84. The van der Waals surface area contributed by atoms with Crippen molar-refractivity contribution in [2.75, 3.05) is 0 Å². The summed E-state index contributed by atoms with van der Waals surface area (Å²) >= 11 is 0. The molecular formula is C15H14FNO. The zero-order chi connectivity index (χ0) is 13.2. The largest absolute Gasteiger partial charge is 0.315 e. The van der Waals surface area contributed by atoms with E-state index in [1.807, 2.05) is 6.07 Å². The van der Waals surface area contributed by atoms with E-state index in [0.29, 0.717) is 5.56 Å². The van der Waals surface area contributed by atoms with Crippen LogP contribution in [0, 0.1) is 5.82 Å². The van der Waals surface area contributed by atoms with Crippen molar-refractivity contribution in [1.29, 1.82) is 0 Å². The number of ketones is 1. The van der Waals surface area contributed by atoms with Crippen LogP contribution in [0.25, 0.3) is 0 Å². The van der Waals surface area contributed by atoms with Crippen LogP contribution in [0.5, 0.6) is 0 Å². The number of benzene rings is 2. The molecule has 0 heterocycles. The second-order valence-corrected chi connectivity index (χ2v) is 4.38. The van der Waals surface area contributed by atoms with E-state index in [1.165, 1.54) is 12.1 Å². The van der Waals surface area contributed by atoms with Crippen LogP contribution >= 0.6 is 0 Å². The molecule has 2 aromatic carbocycles. The van der Waals surface area contributed by atoms with Crippen LogP contribution in [-0.2, 0) is 5.54 Å². The Bertz CT molecular complexity index is 564. The van der Waals surface area contributed by atoms with Crippen molar-refractivity contribution < 1.29 is 9.18 Å². The lowest BCUT2D eigenvalue weighted by atomic mass is 9.85. The van der Waals surface area contributed by atoms with E-state index in [9.17, 15) is 9.18 Å². The van der Waals surface area contributed by atoms with Crippen LogP contribution < -0.4 is 5.73 Å². The Labute approximate surface area is 105 Å². The summed E-state index contributed by atoms with van der Waals surface area (Å²) in [6.45, 7) is 1.59. The van der Waals surface area contributed by atoms with E-state index >= 15 is 0 Å². The highest BCUT2D eigenvalue weighted by Gasteiger charge is 2.32. The first-order valence-electron chi connectivity index (χ1n) is 5.67. The summed E-state index contributed by atoms with van der Waals surface area (Å²) < 4.78 is 13.6. The van der Waals surface area contributed by atoms with Gasteiger partial charge in [0.1, 0.15) is 11.4 Å². The molecular weight excluding hydrogens is 229 g/mol. The zero-order valence-corrected chi connectivity index (χ0v) is 10.1. The molecule has 1 unspecified atom stereocenters. The molecule has 0 saturated carbocycles. The van der Waals surface area contributed by atoms with Crippen LogP contribution in [0.2, 0.25) is 0 Å². The van der Waals surface area contributed by atoms with Crippen LogP contribution in [0.1, 0.15) is 22.8 Å². The van der Waals surface area contributed by atoms with Gasteiger partial charge in [-0.15, -0.1) is 0 Å². The molecule has 0 aliphatic heterocycles. The minimum atomic E-state index is -1.23. The Morgan fingerprint density at radius 1 is 1.06 bits per heavy atom. The van der Waals surface area contributed by atoms with Gasteiger partial charge in [-0.25, -0.2) is 4.39 Å². The summed E-state index contributed by atoms with van der Waals surface area (Å²) in [5.74, 6) is -0.970. The zero-order valence-electron chi connectivity index (χ0n) is 10.1. The number of halogens is 1. The van der Waals surface area contributed by atoms with Crippen molar-refractivity contribution in [2.24, 2.45) is 5.73 Å². The van der Waals surface area contributed by atoms with Gasteiger partial charge in [-0.2, -0.15) is 0 Å². The number of hydrogen-bond donors (Lipinski definition) is 1. The summed E-state index contributed by atoms with van der Waals surface area (Å²) in [5, 5.41) is 0. The van der Waals surface area contributed by atoms with Gasteiger partial charge in [-0.3, -0.25) is 4.79 Å². The lowest BCUT2D eigenvalue weighted by molar-refractivity contribution is 0.0895. The lowest BCUT2D eigenvalue weighted by Crippen LogP contribution is -2.42. The molecule has 0 amide bonds. The van der Waals surface area contributed by atoms with Gasteiger partial charge in [-0.1, -0.05) is 42.5 Å². The highest BCUT2D eigenvalue weighted by Crippen LogP contribution is 2.23. The van der Waals surface area contributed by atoms with Gasteiger partial charge >= 0.3 is 0 Å². The summed E-state index contributed by atoms with van der Waals surface area (Å²) in [6.07, 6.45) is 0. The molecule has 0 aliphatic rings. The quantitative estimate of drug-likeness (QED) is 0.842. The smallest absolute Gasteiger partial charge is 0.189 e. The second kappa shape index (κ2) is 4.70. The van der Waals surface area contributed by atoms with E-state index in [1.54, 1.807) is 43.3 Å². The molecule has 2 N–H and O–H groups in total. The lowest BCUT2D eigenvalue weighted by Gasteiger charge is -2.23. The summed E-state index contributed by atoms with van der Waals surface area (Å²) in [7, 11) is 0. The second-order valence-electron chi connectivity index (χ2n) is 4.38. The van der Waals surface area contributed by atoms with Crippen molar-refractivity contribution in [3.8, 4) is 0 Å². The summed E-state index contributed by atoms with van der Waals surface area (Å²) in [6, 6.07) is 14.8. The highest BCUT2D eigenvalue weighted by molar-refractivity contribution is 6.03. The standard InChI is InChI=1S/C15H14FNO/c1-15(17,11-7-3-2-4-8-11)14(18)12-9-5-6-10-13(12)16/h2-10H,17H2,1H3. The monoisotopic (exact) mass is 243 g/mol. The third-order valence-corrected chi connectivity index (χ3v) is 2.96.